The second-order valence-electron chi connectivity index (χ2n) is 6.73. The molecular formula is C20H22N6O3. The minimum atomic E-state index is -0.291. The third-order valence-corrected chi connectivity index (χ3v) is 4.58. The van der Waals surface area contributed by atoms with E-state index in [1.54, 1.807) is 35.8 Å². The highest BCUT2D eigenvalue weighted by Crippen LogP contribution is 2.23. The Morgan fingerprint density at radius 2 is 2.21 bits per heavy atom. The van der Waals surface area contributed by atoms with E-state index in [1.807, 2.05) is 12.1 Å². The van der Waals surface area contributed by atoms with Gasteiger partial charge >= 0.3 is 0 Å². The van der Waals surface area contributed by atoms with Gasteiger partial charge in [-0.2, -0.15) is 0 Å². The van der Waals surface area contributed by atoms with Crippen LogP contribution < -0.4 is 5.32 Å². The molecule has 1 atom stereocenters. The van der Waals surface area contributed by atoms with Gasteiger partial charge in [0.1, 0.15) is 17.7 Å². The van der Waals surface area contributed by atoms with Gasteiger partial charge in [-0.25, -0.2) is 4.98 Å². The van der Waals surface area contributed by atoms with Crippen LogP contribution in [0.3, 0.4) is 0 Å². The van der Waals surface area contributed by atoms with Gasteiger partial charge in [-0.15, -0.1) is 0 Å². The molecule has 3 aromatic rings. The summed E-state index contributed by atoms with van der Waals surface area (Å²) in [4.78, 5) is 27.2. The first-order valence-corrected chi connectivity index (χ1v) is 9.58. The summed E-state index contributed by atoms with van der Waals surface area (Å²) in [6, 6.07) is 5.50. The number of pyridine rings is 1. The number of nitrogens with zero attached hydrogens (tertiary/aromatic N) is 5. The van der Waals surface area contributed by atoms with Crippen molar-refractivity contribution in [3.8, 4) is 0 Å². The van der Waals surface area contributed by atoms with E-state index in [1.165, 1.54) is 0 Å². The van der Waals surface area contributed by atoms with Crippen molar-refractivity contribution in [2.75, 3.05) is 25.0 Å². The van der Waals surface area contributed by atoms with E-state index in [4.69, 9.17) is 9.26 Å². The number of aryl methyl sites for hydroxylation is 1. The van der Waals surface area contributed by atoms with Crippen LogP contribution in [-0.2, 0) is 11.2 Å². The number of anilines is 2. The lowest BCUT2D eigenvalue weighted by molar-refractivity contribution is -0.0250. The van der Waals surface area contributed by atoms with E-state index >= 15 is 0 Å². The van der Waals surface area contributed by atoms with E-state index in [2.05, 4.69) is 32.3 Å². The Kier molecular flexibility index (Phi) is 5.76. The summed E-state index contributed by atoms with van der Waals surface area (Å²) < 4.78 is 11.1. The van der Waals surface area contributed by atoms with Crippen molar-refractivity contribution < 1.29 is 14.1 Å². The molecule has 0 spiro atoms. The monoisotopic (exact) mass is 394 g/mol. The first-order chi connectivity index (χ1) is 14.2. The lowest BCUT2D eigenvalue weighted by atomic mass is 10.1. The van der Waals surface area contributed by atoms with E-state index in [-0.39, 0.29) is 12.0 Å². The molecule has 150 valence electrons. The highest BCUT2D eigenvalue weighted by Gasteiger charge is 2.28. The molecule has 0 aliphatic carbocycles. The quantitative estimate of drug-likeness (QED) is 0.680. The SMILES string of the molecule is CCCc1cc(C(=O)N2CCO[C@@H](c3ccc(Nc4cnccn4)cn3)C2)no1. The number of ether oxygens (including phenoxy) is 1. The van der Waals surface area contributed by atoms with Gasteiger partial charge in [-0.3, -0.25) is 14.8 Å². The summed E-state index contributed by atoms with van der Waals surface area (Å²) in [6.07, 6.45) is 8.00. The van der Waals surface area contributed by atoms with Crippen LogP contribution in [0.25, 0.3) is 0 Å². The molecule has 0 bridgehead atoms. The topological polar surface area (TPSA) is 106 Å². The van der Waals surface area contributed by atoms with Gasteiger partial charge in [-0.05, 0) is 18.6 Å². The van der Waals surface area contributed by atoms with Crippen molar-refractivity contribution >= 4 is 17.4 Å². The van der Waals surface area contributed by atoms with E-state index in [9.17, 15) is 4.79 Å². The first kappa shape index (κ1) is 19.0. The molecule has 0 radical (unpaired) electrons. The maximum absolute atomic E-state index is 12.8. The molecule has 4 rings (SSSR count). The standard InChI is InChI=1S/C20H22N6O3/c1-2-3-15-10-17(25-29-15)20(27)26-8-9-28-18(13-26)16-5-4-14(11-23-16)24-19-12-21-6-7-22-19/h4-7,10-12,18H,2-3,8-9,13H2,1H3,(H,22,24)/t18-/m1/s1. The van der Waals surface area contributed by atoms with E-state index in [0.717, 1.165) is 30.0 Å². The third kappa shape index (κ3) is 4.57. The molecular weight excluding hydrogens is 372 g/mol. The fraction of sp³-hybridized carbons (Fsp3) is 0.350. The average Bonchev–Trinajstić information content (AvgIpc) is 3.23. The smallest absolute Gasteiger partial charge is 0.276 e. The van der Waals surface area contributed by atoms with Crippen molar-refractivity contribution in [3.63, 3.8) is 0 Å². The Morgan fingerprint density at radius 1 is 1.28 bits per heavy atom. The lowest BCUT2D eigenvalue weighted by Crippen LogP contribution is -2.42. The van der Waals surface area contributed by atoms with E-state index in [0.29, 0.717) is 31.2 Å². The summed E-state index contributed by atoms with van der Waals surface area (Å²) in [5.41, 5.74) is 1.90. The minimum absolute atomic E-state index is 0.148. The third-order valence-electron chi connectivity index (χ3n) is 4.58. The predicted octanol–water partition coefficient (Wildman–Crippen LogP) is 2.77. The molecule has 9 nitrogen and oxygen atoms in total. The Morgan fingerprint density at radius 3 is 2.97 bits per heavy atom. The molecule has 1 amide bonds. The molecule has 0 aromatic carbocycles. The summed E-state index contributed by atoms with van der Waals surface area (Å²) >= 11 is 0. The summed E-state index contributed by atoms with van der Waals surface area (Å²) in [7, 11) is 0. The van der Waals surface area contributed by atoms with Crippen LogP contribution in [0.4, 0.5) is 11.5 Å². The molecule has 1 saturated heterocycles. The number of carbonyl (C=O) groups excluding carboxylic acids is 1. The summed E-state index contributed by atoms with van der Waals surface area (Å²) in [6.45, 7) is 3.42. The zero-order valence-electron chi connectivity index (χ0n) is 16.1. The van der Waals surface area contributed by atoms with Crippen LogP contribution in [-0.4, -0.2) is 50.6 Å². The molecule has 0 unspecified atom stereocenters. The number of hydrogen-bond acceptors (Lipinski definition) is 8. The van der Waals surface area contributed by atoms with Crippen LogP contribution in [0.5, 0.6) is 0 Å². The van der Waals surface area contributed by atoms with Crippen molar-refractivity contribution in [2.45, 2.75) is 25.9 Å². The number of nitrogens with one attached hydrogen (secondary N) is 1. The van der Waals surface area contributed by atoms with Gasteiger partial charge in [0, 0.05) is 31.4 Å². The molecule has 1 N–H and O–H groups in total. The highest BCUT2D eigenvalue weighted by atomic mass is 16.5. The zero-order valence-corrected chi connectivity index (χ0v) is 16.1. The maximum Gasteiger partial charge on any atom is 0.276 e. The summed E-state index contributed by atoms with van der Waals surface area (Å²) in [5, 5.41) is 7.05. The number of rotatable bonds is 6. The second-order valence-corrected chi connectivity index (χ2v) is 6.73. The number of morpholine rings is 1. The fourth-order valence-corrected chi connectivity index (χ4v) is 3.13. The first-order valence-electron chi connectivity index (χ1n) is 9.58. The lowest BCUT2D eigenvalue weighted by Gasteiger charge is -2.32. The van der Waals surface area contributed by atoms with E-state index < -0.39 is 0 Å². The predicted molar refractivity (Wildman–Crippen MR) is 105 cm³/mol. The van der Waals surface area contributed by atoms with Crippen LogP contribution in [0.15, 0.2) is 47.5 Å². The largest absolute Gasteiger partial charge is 0.368 e. The van der Waals surface area contributed by atoms with Crippen LogP contribution in [0.1, 0.15) is 41.4 Å². The number of amides is 1. The average molecular weight is 394 g/mol. The van der Waals surface area contributed by atoms with Gasteiger partial charge in [-0.1, -0.05) is 12.1 Å². The molecule has 4 heterocycles. The van der Waals surface area contributed by atoms with Crippen molar-refractivity contribution in [1.82, 2.24) is 25.0 Å². The van der Waals surface area contributed by atoms with Crippen LogP contribution in [0.2, 0.25) is 0 Å². The molecule has 0 saturated carbocycles. The minimum Gasteiger partial charge on any atom is -0.368 e. The molecule has 9 heteroatoms. The van der Waals surface area contributed by atoms with Gasteiger partial charge in [0.15, 0.2) is 5.69 Å². The van der Waals surface area contributed by atoms with Crippen LogP contribution >= 0.6 is 0 Å². The Bertz CT molecular complexity index is 944. The Labute approximate surface area is 168 Å². The van der Waals surface area contributed by atoms with Crippen molar-refractivity contribution in [1.29, 1.82) is 0 Å². The molecule has 1 aliphatic heterocycles. The van der Waals surface area contributed by atoms with Gasteiger partial charge in [0.25, 0.3) is 5.91 Å². The van der Waals surface area contributed by atoms with Crippen molar-refractivity contribution in [2.24, 2.45) is 0 Å². The maximum atomic E-state index is 12.8. The second kappa shape index (κ2) is 8.78. The fourth-order valence-electron chi connectivity index (χ4n) is 3.13. The highest BCUT2D eigenvalue weighted by molar-refractivity contribution is 5.92. The van der Waals surface area contributed by atoms with Gasteiger partial charge in [0.05, 0.1) is 36.9 Å². The summed E-state index contributed by atoms with van der Waals surface area (Å²) in [5.74, 6) is 1.22. The molecule has 3 aromatic heterocycles. The van der Waals surface area contributed by atoms with Crippen molar-refractivity contribution in [3.05, 3.63) is 60.1 Å². The van der Waals surface area contributed by atoms with Crippen LogP contribution in [0, 0.1) is 0 Å². The number of carbonyl (C=O) groups is 1. The molecule has 1 fully saturated rings. The molecule has 29 heavy (non-hydrogen) atoms. The Balaban J connectivity index is 1.40. The number of aromatic nitrogens is 4. The zero-order chi connectivity index (χ0) is 20.1. The number of hydrogen-bond donors (Lipinski definition) is 1. The van der Waals surface area contributed by atoms with Gasteiger partial charge < -0.3 is 19.5 Å². The molecule has 1 aliphatic rings. The Hall–Kier alpha value is -3.33. The van der Waals surface area contributed by atoms with Gasteiger partial charge in [0.2, 0.25) is 0 Å². The normalized spacial score (nSPS) is 16.6.